The molecule has 6 nitrogen and oxygen atoms in total. The number of methoxy groups -OCH3 is 2. The van der Waals surface area contributed by atoms with Gasteiger partial charge in [0.1, 0.15) is 11.9 Å². The molecule has 0 fully saturated rings. The van der Waals surface area contributed by atoms with Crippen LogP contribution in [0, 0.1) is 5.82 Å². The number of aryl methyl sites for hydroxylation is 1. The third-order valence-corrected chi connectivity index (χ3v) is 5.04. The first-order valence-corrected chi connectivity index (χ1v) is 10.6. The Morgan fingerprint density at radius 1 is 1.06 bits per heavy atom. The fraction of sp³-hybridized carbons (Fsp3) is 0.440. The van der Waals surface area contributed by atoms with Gasteiger partial charge in [-0.2, -0.15) is 0 Å². The minimum absolute atomic E-state index is 0.0101. The van der Waals surface area contributed by atoms with Crippen molar-refractivity contribution in [1.82, 2.24) is 10.2 Å². The van der Waals surface area contributed by atoms with Gasteiger partial charge in [0.2, 0.25) is 11.8 Å². The molecule has 2 aromatic carbocycles. The standard InChI is InChI=1S/C25H33FN2O4/c1-17(24(30)27-25(2,3)4)28(16-19-9-7-8-10-20(19)26)23(29)14-12-18-11-13-21(31-5)22(15-18)32-6/h7-11,13,15,17H,12,14,16H2,1-6H3,(H,27,30). The van der Waals surface area contributed by atoms with Crippen LogP contribution < -0.4 is 14.8 Å². The number of carbonyl (C=O) groups excluding carboxylic acids is 2. The molecule has 0 aromatic heterocycles. The third-order valence-electron chi connectivity index (χ3n) is 5.04. The monoisotopic (exact) mass is 444 g/mol. The maximum Gasteiger partial charge on any atom is 0.242 e. The second-order valence-corrected chi connectivity index (χ2v) is 8.72. The fourth-order valence-electron chi connectivity index (χ4n) is 3.30. The predicted molar refractivity (Wildman–Crippen MR) is 122 cm³/mol. The zero-order chi connectivity index (χ0) is 23.9. The van der Waals surface area contributed by atoms with Gasteiger partial charge in [-0.3, -0.25) is 9.59 Å². The molecule has 0 saturated heterocycles. The van der Waals surface area contributed by atoms with Crippen LogP contribution in [0.5, 0.6) is 11.5 Å². The average Bonchev–Trinajstić information content (AvgIpc) is 2.75. The Hall–Kier alpha value is -3.09. The number of benzene rings is 2. The van der Waals surface area contributed by atoms with Crippen LogP contribution in [-0.2, 0) is 22.6 Å². The first-order chi connectivity index (χ1) is 15.1. The Morgan fingerprint density at radius 3 is 2.31 bits per heavy atom. The van der Waals surface area contributed by atoms with Gasteiger partial charge < -0.3 is 19.7 Å². The van der Waals surface area contributed by atoms with Crippen LogP contribution in [0.3, 0.4) is 0 Å². The van der Waals surface area contributed by atoms with Gasteiger partial charge in [0, 0.05) is 24.1 Å². The van der Waals surface area contributed by atoms with Crippen LogP contribution >= 0.6 is 0 Å². The highest BCUT2D eigenvalue weighted by atomic mass is 19.1. The van der Waals surface area contributed by atoms with E-state index < -0.39 is 17.4 Å². The topological polar surface area (TPSA) is 67.9 Å². The maximum absolute atomic E-state index is 14.3. The largest absolute Gasteiger partial charge is 0.493 e. The molecule has 2 amide bonds. The summed E-state index contributed by atoms with van der Waals surface area (Å²) in [6.07, 6.45) is 0.609. The van der Waals surface area contributed by atoms with Crippen molar-refractivity contribution in [1.29, 1.82) is 0 Å². The Labute approximate surface area is 189 Å². The van der Waals surface area contributed by atoms with Crippen molar-refractivity contribution in [2.24, 2.45) is 0 Å². The van der Waals surface area contributed by atoms with Crippen molar-refractivity contribution in [2.45, 2.75) is 58.7 Å². The molecule has 0 heterocycles. The summed E-state index contributed by atoms with van der Waals surface area (Å²) in [4.78, 5) is 27.4. The Kier molecular flexibility index (Phi) is 8.63. The van der Waals surface area contributed by atoms with Crippen molar-refractivity contribution >= 4 is 11.8 Å². The van der Waals surface area contributed by atoms with Gasteiger partial charge in [0.15, 0.2) is 11.5 Å². The SMILES string of the molecule is COc1ccc(CCC(=O)N(Cc2ccccc2F)C(C)C(=O)NC(C)(C)C)cc1OC. The number of amides is 2. The minimum Gasteiger partial charge on any atom is -0.493 e. The van der Waals surface area contributed by atoms with E-state index in [0.29, 0.717) is 23.5 Å². The molecule has 174 valence electrons. The van der Waals surface area contributed by atoms with Crippen LogP contribution in [-0.4, -0.2) is 42.5 Å². The summed E-state index contributed by atoms with van der Waals surface area (Å²) < 4.78 is 24.9. The summed E-state index contributed by atoms with van der Waals surface area (Å²) in [5.41, 5.74) is 0.813. The van der Waals surface area contributed by atoms with E-state index >= 15 is 0 Å². The number of hydrogen-bond acceptors (Lipinski definition) is 4. The van der Waals surface area contributed by atoms with Gasteiger partial charge in [-0.1, -0.05) is 24.3 Å². The molecule has 7 heteroatoms. The molecule has 0 spiro atoms. The minimum atomic E-state index is -0.758. The van der Waals surface area contributed by atoms with Crippen molar-refractivity contribution in [2.75, 3.05) is 14.2 Å². The van der Waals surface area contributed by atoms with Crippen LogP contribution in [0.1, 0.15) is 45.2 Å². The molecular formula is C25H33FN2O4. The van der Waals surface area contributed by atoms with Crippen molar-refractivity contribution < 1.29 is 23.5 Å². The molecule has 0 saturated carbocycles. The Balaban J connectivity index is 2.21. The van der Waals surface area contributed by atoms with Gasteiger partial charge >= 0.3 is 0 Å². The molecule has 32 heavy (non-hydrogen) atoms. The lowest BCUT2D eigenvalue weighted by molar-refractivity contribution is -0.141. The van der Waals surface area contributed by atoms with Gasteiger partial charge in [0.05, 0.1) is 14.2 Å². The Morgan fingerprint density at radius 2 is 1.72 bits per heavy atom. The molecule has 1 N–H and O–H groups in total. The zero-order valence-corrected chi connectivity index (χ0v) is 19.7. The predicted octanol–water partition coefficient (Wildman–Crippen LogP) is 4.11. The van der Waals surface area contributed by atoms with Crippen LogP contribution in [0.4, 0.5) is 4.39 Å². The van der Waals surface area contributed by atoms with E-state index in [0.717, 1.165) is 5.56 Å². The molecular weight excluding hydrogens is 411 g/mol. The normalized spacial score (nSPS) is 12.1. The second kappa shape index (κ2) is 11.0. The molecule has 0 aliphatic heterocycles. The summed E-state index contributed by atoms with van der Waals surface area (Å²) in [7, 11) is 3.12. The van der Waals surface area contributed by atoms with E-state index in [2.05, 4.69) is 5.32 Å². The molecule has 0 bridgehead atoms. The summed E-state index contributed by atoms with van der Waals surface area (Å²) in [6, 6.07) is 11.0. The number of nitrogens with one attached hydrogen (secondary N) is 1. The number of carbonyl (C=O) groups is 2. The molecule has 0 aliphatic rings. The van der Waals surface area contributed by atoms with Gasteiger partial charge in [-0.05, 0) is 57.9 Å². The van der Waals surface area contributed by atoms with Gasteiger partial charge in [0.25, 0.3) is 0 Å². The van der Waals surface area contributed by atoms with Crippen molar-refractivity contribution in [3.63, 3.8) is 0 Å². The number of rotatable bonds is 9. The lowest BCUT2D eigenvalue weighted by Crippen LogP contribution is -2.52. The lowest BCUT2D eigenvalue weighted by atomic mass is 10.1. The van der Waals surface area contributed by atoms with Crippen LogP contribution in [0.15, 0.2) is 42.5 Å². The second-order valence-electron chi connectivity index (χ2n) is 8.72. The number of halogens is 1. The molecule has 2 rings (SSSR count). The summed E-state index contributed by atoms with van der Waals surface area (Å²) in [6.45, 7) is 7.29. The quantitative estimate of drug-likeness (QED) is 0.632. The van der Waals surface area contributed by atoms with Crippen LogP contribution in [0.25, 0.3) is 0 Å². The zero-order valence-electron chi connectivity index (χ0n) is 19.7. The van der Waals surface area contributed by atoms with Gasteiger partial charge in [-0.15, -0.1) is 0 Å². The fourth-order valence-corrected chi connectivity index (χ4v) is 3.30. The van der Waals surface area contributed by atoms with E-state index in [4.69, 9.17) is 9.47 Å². The van der Waals surface area contributed by atoms with Crippen molar-refractivity contribution in [3.05, 3.63) is 59.4 Å². The number of hydrogen-bond donors (Lipinski definition) is 1. The maximum atomic E-state index is 14.3. The third kappa shape index (κ3) is 6.97. The molecule has 1 atom stereocenters. The summed E-state index contributed by atoms with van der Waals surface area (Å²) in [5.74, 6) is 0.260. The average molecular weight is 445 g/mol. The molecule has 2 aromatic rings. The summed E-state index contributed by atoms with van der Waals surface area (Å²) >= 11 is 0. The Bertz CT molecular complexity index is 940. The first-order valence-electron chi connectivity index (χ1n) is 10.6. The first kappa shape index (κ1) is 25.2. The van der Waals surface area contributed by atoms with E-state index in [1.807, 2.05) is 32.9 Å². The smallest absolute Gasteiger partial charge is 0.242 e. The molecule has 0 aliphatic carbocycles. The highest BCUT2D eigenvalue weighted by molar-refractivity contribution is 5.87. The van der Waals surface area contributed by atoms with E-state index in [-0.39, 0.29) is 24.8 Å². The lowest BCUT2D eigenvalue weighted by Gasteiger charge is -2.31. The number of ether oxygens (including phenoxy) is 2. The highest BCUT2D eigenvalue weighted by Gasteiger charge is 2.28. The summed E-state index contributed by atoms with van der Waals surface area (Å²) in [5, 5.41) is 2.90. The van der Waals surface area contributed by atoms with E-state index in [1.165, 1.54) is 11.0 Å². The van der Waals surface area contributed by atoms with E-state index in [1.54, 1.807) is 45.4 Å². The van der Waals surface area contributed by atoms with Crippen LogP contribution in [0.2, 0.25) is 0 Å². The highest BCUT2D eigenvalue weighted by Crippen LogP contribution is 2.28. The molecule has 1 unspecified atom stereocenters. The van der Waals surface area contributed by atoms with E-state index in [9.17, 15) is 14.0 Å². The van der Waals surface area contributed by atoms with Gasteiger partial charge in [-0.25, -0.2) is 4.39 Å². The number of nitrogens with zero attached hydrogens (tertiary/aromatic N) is 1. The molecule has 0 radical (unpaired) electrons. The van der Waals surface area contributed by atoms with Crippen molar-refractivity contribution in [3.8, 4) is 11.5 Å².